The molecule has 0 radical (unpaired) electrons. The van der Waals surface area contributed by atoms with Crippen LogP contribution in [-0.4, -0.2) is 40.4 Å². The van der Waals surface area contributed by atoms with Crippen molar-refractivity contribution in [1.29, 1.82) is 0 Å². The van der Waals surface area contributed by atoms with Crippen LogP contribution in [0.25, 0.3) is 16.4 Å². The average Bonchev–Trinajstić information content (AvgIpc) is 3.35. The number of ether oxygens (including phenoxy) is 1. The number of methoxy groups -OCH3 is 1. The van der Waals surface area contributed by atoms with E-state index in [4.69, 9.17) is 4.74 Å². The van der Waals surface area contributed by atoms with Crippen molar-refractivity contribution in [3.8, 4) is 16.4 Å². The Morgan fingerprint density at radius 1 is 1.31 bits per heavy atom. The fourth-order valence-electron chi connectivity index (χ4n) is 2.62. The molecule has 2 aromatic heterocycles. The number of rotatable bonds is 7. The molecule has 1 atom stereocenters. The fraction of sp³-hybridized carbons (Fsp3) is 0.316. The smallest absolute Gasteiger partial charge is 0.385 e. The first kappa shape index (κ1) is 21.0. The van der Waals surface area contributed by atoms with E-state index in [1.165, 1.54) is 28.2 Å². The highest BCUT2D eigenvalue weighted by Gasteiger charge is 2.31. The summed E-state index contributed by atoms with van der Waals surface area (Å²) in [5.41, 5.74) is -0.635. The van der Waals surface area contributed by atoms with Gasteiger partial charge in [-0.05, 0) is 43.0 Å². The van der Waals surface area contributed by atoms with Crippen LogP contribution in [0.1, 0.15) is 29.5 Å². The van der Waals surface area contributed by atoms with E-state index in [-0.39, 0.29) is 17.6 Å². The van der Waals surface area contributed by atoms with Crippen molar-refractivity contribution in [1.82, 2.24) is 20.1 Å². The highest BCUT2D eigenvalue weighted by molar-refractivity contribution is 7.13. The molecule has 3 rings (SSSR count). The standard InChI is InChI=1S/C19H19F3N4O2S/c1-12(8-9-28-2)23-18(27)16-24-17(15-7-4-10-29-15)26(25-16)14-6-3-5-13(11-14)19(20,21)22/h3-7,10-12H,8-9H2,1-2H3,(H,23,27). The number of hydrogen-bond donors (Lipinski definition) is 1. The van der Waals surface area contributed by atoms with Gasteiger partial charge in [0.05, 0.1) is 16.1 Å². The average molecular weight is 424 g/mol. The maximum Gasteiger partial charge on any atom is 0.416 e. The van der Waals surface area contributed by atoms with Crippen LogP contribution in [-0.2, 0) is 10.9 Å². The molecule has 154 valence electrons. The van der Waals surface area contributed by atoms with Crippen LogP contribution >= 0.6 is 11.3 Å². The van der Waals surface area contributed by atoms with E-state index in [2.05, 4.69) is 15.4 Å². The molecule has 0 saturated carbocycles. The van der Waals surface area contributed by atoms with Gasteiger partial charge in [0, 0.05) is 19.8 Å². The molecule has 6 nitrogen and oxygen atoms in total. The summed E-state index contributed by atoms with van der Waals surface area (Å²) >= 11 is 1.35. The molecule has 0 saturated heterocycles. The molecule has 1 aromatic carbocycles. The van der Waals surface area contributed by atoms with E-state index < -0.39 is 17.6 Å². The molecule has 1 unspecified atom stereocenters. The third-order valence-corrected chi connectivity index (χ3v) is 4.97. The molecule has 0 aliphatic heterocycles. The van der Waals surface area contributed by atoms with E-state index >= 15 is 0 Å². The minimum Gasteiger partial charge on any atom is -0.385 e. The number of aromatic nitrogens is 3. The molecule has 1 N–H and O–H groups in total. The zero-order valence-electron chi connectivity index (χ0n) is 15.7. The van der Waals surface area contributed by atoms with Crippen molar-refractivity contribution in [3.05, 3.63) is 53.2 Å². The Balaban J connectivity index is 1.98. The minimum absolute atomic E-state index is 0.116. The Labute approximate surface area is 169 Å². The molecule has 0 bridgehead atoms. The van der Waals surface area contributed by atoms with Gasteiger partial charge >= 0.3 is 6.18 Å². The van der Waals surface area contributed by atoms with E-state index in [0.29, 0.717) is 23.7 Å². The summed E-state index contributed by atoms with van der Waals surface area (Å²) in [5.74, 6) is -0.318. The number of amides is 1. The van der Waals surface area contributed by atoms with Crippen molar-refractivity contribution in [3.63, 3.8) is 0 Å². The molecular formula is C19H19F3N4O2S. The van der Waals surface area contributed by atoms with Gasteiger partial charge in [-0.2, -0.15) is 13.2 Å². The fourth-order valence-corrected chi connectivity index (χ4v) is 3.32. The van der Waals surface area contributed by atoms with Gasteiger partial charge < -0.3 is 10.1 Å². The number of nitrogens with zero attached hydrogens (tertiary/aromatic N) is 3. The van der Waals surface area contributed by atoms with Crippen molar-refractivity contribution >= 4 is 17.2 Å². The summed E-state index contributed by atoms with van der Waals surface area (Å²) in [5, 5.41) is 8.78. The molecule has 1 amide bonds. The Morgan fingerprint density at radius 3 is 2.76 bits per heavy atom. The summed E-state index contributed by atoms with van der Waals surface area (Å²) in [7, 11) is 1.57. The van der Waals surface area contributed by atoms with Crippen molar-refractivity contribution in [2.45, 2.75) is 25.6 Å². The van der Waals surface area contributed by atoms with Gasteiger partial charge in [-0.1, -0.05) is 12.1 Å². The maximum atomic E-state index is 13.1. The number of halogens is 3. The molecule has 0 spiro atoms. The molecular weight excluding hydrogens is 405 g/mol. The molecule has 0 aliphatic rings. The minimum atomic E-state index is -4.49. The molecule has 3 aromatic rings. The quantitative estimate of drug-likeness (QED) is 0.618. The second kappa shape index (κ2) is 8.75. The van der Waals surface area contributed by atoms with Gasteiger partial charge in [0.2, 0.25) is 5.82 Å². The molecule has 0 fully saturated rings. The largest absolute Gasteiger partial charge is 0.416 e. The lowest BCUT2D eigenvalue weighted by Gasteiger charge is -2.11. The number of carbonyl (C=O) groups excluding carboxylic acids is 1. The maximum absolute atomic E-state index is 13.1. The highest BCUT2D eigenvalue weighted by Crippen LogP contribution is 2.32. The lowest BCUT2D eigenvalue weighted by molar-refractivity contribution is -0.137. The summed E-state index contributed by atoms with van der Waals surface area (Å²) in [4.78, 5) is 17.5. The molecule has 29 heavy (non-hydrogen) atoms. The second-order valence-corrected chi connectivity index (χ2v) is 7.30. The number of thiophene rings is 1. The Hall–Kier alpha value is -2.72. The Kier molecular flexibility index (Phi) is 6.33. The van der Waals surface area contributed by atoms with Gasteiger partial charge in [-0.3, -0.25) is 4.79 Å². The predicted octanol–water partition coefficient (Wildman–Crippen LogP) is 4.17. The Morgan fingerprint density at radius 2 is 2.10 bits per heavy atom. The van der Waals surface area contributed by atoms with E-state index in [0.717, 1.165) is 12.1 Å². The van der Waals surface area contributed by atoms with Crippen LogP contribution in [0, 0.1) is 0 Å². The summed E-state index contributed by atoms with van der Waals surface area (Å²) in [6.45, 7) is 2.30. The van der Waals surface area contributed by atoms with Crippen LogP contribution in [0.4, 0.5) is 13.2 Å². The van der Waals surface area contributed by atoms with E-state index in [1.807, 2.05) is 12.3 Å². The lowest BCUT2D eigenvalue weighted by atomic mass is 10.2. The van der Waals surface area contributed by atoms with Crippen molar-refractivity contribution in [2.24, 2.45) is 0 Å². The van der Waals surface area contributed by atoms with Gasteiger partial charge in [-0.15, -0.1) is 16.4 Å². The van der Waals surface area contributed by atoms with Gasteiger partial charge in [0.25, 0.3) is 5.91 Å². The topological polar surface area (TPSA) is 69.0 Å². The number of benzene rings is 1. The number of hydrogen-bond acceptors (Lipinski definition) is 5. The predicted molar refractivity (Wildman–Crippen MR) is 103 cm³/mol. The van der Waals surface area contributed by atoms with Gasteiger partial charge in [0.1, 0.15) is 0 Å². The van der Waals surface area contributed by atoms with E-state index in [9.17, 15) is 18.0 Å². The number of alkyl halides is 3. The first-order chi connectivity index (χ1) is 13.8. The Bertz CT molecular complexity index is 970. The zero-order chi connectivity index (χ0) is 21.0. The monoisotopic (exact) mass is 424 g/mol. The second-order valence-electron chi connectivity index (χ2n) is 6.35. The van der Waals surface area contributed by atoms with Crippen molar-refractivity contribution in [2.75, 3.05) is 13.7 Å². The zero-order valence-corrected chi connectivity index (χ0v) is 16.5. The SMILES string of the molecule is COCCC(C)NC(=O)c1nc(-c2cccs2)n(-c2cccc(C(F)(F)F)c2)n1. The molecule has 0 aliphatic carbocycles. The van der Waals surface area contributed by atoms with Crippen LogP contribution in [0.15, 0.2) is 41.8 Å². The number of carbonyl (C=O) groups is 1. The summed E-state index contributed by atoms with van der Waals surface area (Å²) < 4.78 is 45.6. The van der Waals surface area contributed by atoms with Crippen LogP contribution in [0.2, 0.25) is 0 Å². The lowest BCUT2D eigenvalue weighted by Crippen LogP contribution is -2.34. The van der Waals surface area contributed by atoms with Crippen LogP contribution < -0.4 is 5.32 Å². The first-order valence-corrected chi connectivity index (χ1v) is 9.66. The summed E-state index contributed by atoms with van der Waals surface area (Å²) in [6, 6.07) is 8.13. The normalized spacial score (nSPS) is 12.7. The third-order valence-electron chi connectivity index (χ3n) is 4.10. The van der Waals surface area contributed by atoms with Crippen molar-refractivity contribution < 1.29 is 22.7 Å². The highest BCUT2D eigenvalue weighted by atomic mass is 32.1. The first-order valence-electron chi connectivity index (χ1n) is 8.78. The van der Waals surface area contributed by atoms with Crippen LogP contribution in [0.3, 0.4) is 0 Å². The molecule has 10 heteroatoms. The van der Waals surface area contributed by atoms with Gasteiger partial charge in [0.15, 0.2) is 5.82 Å². The van der Waals surface area contributed by atoms with E-state index in [1.54, 1.807) is 19.2 Å². The summed E-state index contributed by atoms with van der Waals surface area (Å²) in [6.07, 6.45) is -3.88. The number of nitrogens with one attached hydrogen (secondary N) is 1. The van der Waals surface area contributed by atoms with Crippen LogP contribution in [0.5, 0.6) is 0 Å². The third kappa shape index (κ3) is 5.01. The van der Waals surface area contributed by atoms with Gasteiger partial charge in [-0.25, -0.2) is 9.67 Å². The molecule has 2 heterocycles.